The topological polar surface area (TPSA) is 87.2 Å². The second-order valence-corrected chi connectivity index (χ2v) is 13.9. The maximum Gasteiger partial charge on any atom is 0.310 e. The molecule has 3 unspecified atom stereocenters. The van der Waals surface area contributed by atoms with Gasteiger partial charge in [0, 0.05) is 22.3 Å². The molecule has 3 fully saturated rings. The smallest absolute Gasteiger partial charge is 0.310 e. The molecule has 1 spiro atoms. The highest BCUT2D eigenvalue weighted by molar-refractivity contribution is 9.09. The third kappa shape index (κ3) is 4.99. The molecule has 2 bridgehead atoms. The Morgan fingerprint density at radius 3 is 2.64 bits per heavy atom. The van der Waals surface area contributed by atoms with Crippen LogP contribution in [0, 0.1) is 31.6 Å². The van der Waals surface area contributed by atoms with E-state index < -0.39 is 34.6 Å². The van der Waals surface area contributed by atoms with E-state index in [0.717, 1.165) is 16.8 Å². The third-order valence-corrected chi connectivity index (χ3v) is 11.6. The Morgan fingerprint density at radius 2 is 2.03 bits per heavy atom. The lowest BCUT2D eigenvalue weighted by atomic mass is 9.71. The molecule has 0 saturated carbocycles. The summed E-state index contributed by atoms with van der Waals surface area (Å²) >= 11 is 5.36. The molecule has 39 heavy (non-hydrogen) atoms. The molecule has 212 valence electrons. The number of benzene rings is 1. The van der Waals surface area contributed by atoms with Gasteiger partial charge in [-0.15, -0.1) is 24.9 Å². The highest BCUT2D eigenvalue weighted by Gasteiger charge is 2.76. The van der Waals surface area contributed by atoms with E-state index in [1.807, 2.05) is 45.9 Å². The van der Waals surface area contributed by atoms with Crippen LogP contribution in [0.15, 0.2) is 43.5 Å². The number of fused-ring (bicyclic) bond motifs is 1. The maximum atomic E-state index is 14.8. The molecule has 3 saturated heterocycles. The van der Waals surface area contributed by atoms with Crippen molar-refractivity contribution in [2.24, 2.45) is 17.8 Å². The number of aliphatic hydroxyl groups is 1. The summed E-state index contributed by atoms with van der Waals surface area (Å²) < 4.78 is 4.77. The van der Waals surface area contributed by atoms with Crippen molar-refractivity contribution in [3.05, 3.63) is 54.6 Å². The van der Waals surface area contributed by atoms with Gasteiger partial charge in [-0.05, 0) is 49.8 Å². The highest BCUT2D eigenvalue weighted by atomic mass is 79.9. The van der Waals surface area contributed by atoms with Crippen molar-refractivity contribution in [2.45, 2.75) is 67.4 Å². The average molecular weight is 620 g/mol. The Kier molecular flexibility index (Phi) is 9.03. The zero-order valence-electron chi connectivity index (χ0n) is 23.1. The minimum atomic E-state index is -0.851. The number of rotatable bonds is 11. The first-order chi connectivity index (χ1) is 18.5. The molecule has 1 aromatic carbocycles. The summed E-state index contributed by atoms with van der Waals surface area (Å²) in [6.07, 6.45) is 4.46. The second kappa shape index (κ2) is 11.8. The van der Waals surface area contributed by atoms with Crippen molar-refractivity contribution < 1.29 is 24.2 Å². The molecule has 9 heteroatoms. The summed E-state index contributed by atoms with van der Waals surface area (Å²) in [7, 11) is 0. The van der Waals surface area contributed by atoms with E-state index in [2.05, 4.69) is 29.1 Å². The standard InChI is InChI=1S/C30H39BrN2O5S/c1-7-9-13-38-29(37)23-24-27(35)33(22(16-34)17(3)4)26(30(24)15-20(31)25(23)39-30)28(36)32(12-8-2)21-14-18(5)10-11-19(21)6/h7-8,10-11,14,17,20,22-26,34H,1-2,9,12-13,15-16H2,3-6H3/t20?,22-,23+,24-,25+,26?,30?/m0/s1. The number of nitrogens with zero attached hydrogens (tertiary/aromatic N) is 2. The number of likely N-dealkylation sites (tertiary alicyclic amines) is 1. The highest BCUT2D eigenvalue weighted by Crippen LogP contribution is 2.68. The second-order valence-electron chi connectivity index (χ2n) is 11.2. The van der Waals surface area contributed by atoms with Gasteiger partial charge in [-0.25, -0.2) is 0 Å². The molecule has 2 amide bonds. The van der Waals surface area contributed by atoms with Crippen molar-refractivity contribution in [3.8, 4) is 0 Å². The first-order valence-electron chi connectivity index (χ1n) is 13.6. The number of hydrogen-bond acceptors (Lipinski definition) is 6. The number of hydrogen-bond donors (Lipinski definition) is 1. The lowest BCUT2D eigenvalue weighted by Crippen LogP contribution is -2.59. The largest absolute Gasteiger partial charge is 0.465 e. The fraction of sp³-hybridized carbons (Fsp3) is 0.567. The molecule has 0 aromatic heterocycles. The number of carbonyl (C=O) groups excluding carboxylic acids is 3. The minimum Gasteiger partial charge on any atom is -0.465 e. The van der Waals surface area contributed by atoms with Crippen LogP contribution in [0.25, 0.3) is 0 Å². The molecule has 7 nitrogen and oxygen atoms in total. The van der Waals surface area contributed by atoms with Crippen LogP contribution in [0.1, 0.15) is 37.8 Å². The minimum absolute atomic E-state index is 0.0565. The number of aliphatic hydroxyl groups excluding tert-OH is 1. The summed E-state index contributed by atoms with van der Waals surface area (Å²) in [5, 5.41) is 10.3. The normalized spacial score (nSPS) is 29.9. The molecule has 1 aromatic rings. The molecular formula is C30H39BrN2O5S. The van der Waals surface area contributed by atoms with E-state index >= 15 is 0 Å². The summed E-state index contributed by atoms with van der Waals surface area (Å²) in [6.45, 7) is 15.6. The van der Waals surface area contributed by atoms with Gasteiger partial charge in [0.25, 0.3) is 5.91 Å². The van der Waals surface area contributed by atoms with Crippen LogP contribution in [0.4, 0.5) is 5.69 Å². The molecule has 3 heterocycles. The molecule has 3 aliphatic rings. The van der Waals surface area contributed by atoms with E-state index in [0.29, 0.717) is 12.8 Å². The monoisotopic (exact) mass is 618 g/mol. The molecule has 4 rings (SSSR count). The Labute approximate surface area is 244 Å². The number of amides is 2. The maximum absolute atomic E-state index is 14.8. The van der Waals surface area contributed by atoms with Crippen LogP contribution < -0.4 is 4.90 Å². The lowest BCUT2D eigenvalue weighted by molar-refractivity contribution is -0.154. The number of anilines is 1. The molecule has 3 aliphatic heterocycles. The van der Waals surface area contributed by atoms with Crippen LogP contribution in [-0.4, -0.2) is 74.5 Å². The van der Waals surface area contributed by atoms with E-state index in [4.69, 9.17) is 4.74 Å². The first kappa shape index (κ1) is 29.9. The molecule has 0 radical (unpaired) electrons. The summed E-state index contributed by atoms with van der Waals surface area (Å²) in [4.78, 5) is 45.8. The van der Waals surface area contributed by atoms with E-state index in [9.17, 15) is 19.5 Å². The number of ether oxygens (including phenoxy) is 1. The number of carbonyl (C=O) groups is 3. The number of esters is 1. The predicted molar refractivity (Wildman–Crippen MR) is 159 cm³/mol. The first-order valence-corrected chi connectivity index (χ1v) is 15.4. The summed E-state index contributed by atoms with van der Waals surface area (Å²) in [5.41, 5.74) is 2.72. The number of aryl methyl sites for hydroxylation is 2. The van der Waals surface area contributed by atoms with Crippen LogP contribution in [0.2, 0.25) is 0 Å². The number of thioether (sulfide) groups is 1. The van der Waals surface area contributed by atoms with Gasteiger partial charge in [0.1, 0.15) is 6.04 Å². The van der Waals surface area contributed by atoms with E-state index in [-0.39, 0.29) is 47.6 Å². The average Bonchev–Trinajstić information content (AvgIpc) is 3.48. The van der Waals surface area contributed by atoms with Gasteiger partial charge in [0.15, 0.2) is 0 Å². The van der Waals surface area contributed by atoms with Crippen LogP contribution in [-0.2, 0) is 19.1 Å². The fourth-order valence-corrected chi connectivity index (χ4v) is 10.1. The van der Waals surface area contributed by atoms with Gasteiger partial charge >= 0.3 is 5.97 Å². The van der Waals surface area contributed by atoms with Gasteiger partial charge in [-0.3, -0.25) is 14.4 Å². The Balaban J connectivity index is 1.84. The van der Waals surface area contributed by atoms with Crippen LogP contribution in [0.3, 0.4) is 0 Å². The van der Waals surface area contributed by atoms with Crippen LogP contribution >= 0.6 is 27.7 Å². The lowest BCUT2D eigenvalue weighted by Gasteiger charge is -2.41. The molecular weight excluding hydrogens is 580 g/mol. The molecule has 1 N–H and O–H groups in total. The Morgan fingerprint density at radius 1 is 1.31 bits per heavy atom. The zero-order valence-corrected chi connectivity index (χ0v) is 25.5. The van der Waals surface area contributed by atoms with Crippen molar-refractivity contribution in [1.82, 2.24) is 4.90 Å². The van der Waals surface area contributed by atoms with Crippen molar-refractivity contribution in [3.63, 3.8) is 0 Å². The van der Waals surface area contributed by atoms with Crippen molar-refractivity contribution in [1.29, 1.82) is 0 Å². The molecule has 7 atom stereocenters. The molecule has 0 aliphatic carbocycles. The summed E-state index contributed by atoms with van der Waals surface area (Å²) in [6, 6.07) is 4.54. The van der Waals surface area contributed by atoms with Crippen molar-refractivity contribution in [2.75, 3.05) is 24.7 Å². The SMILES string of the molecule is C=CCCOC(=O)[C@H]1[C@@H]2SC3(CC2Br)C(C(=O)N(CC=C)c2cc(C)ccc2C)N([C@@H](CO)C(C)C)C(=O)[C@H]13. The van der Waals surface area contributed by atoms with Gasteiger partial charge < -0.3 is 19.6 Å². The van der Waals surface area contributed by atoms with Crippen molar-refractivity contribution >= 4 is 51.2 Å². The fourth-order valence-electron chi connectivity index (χ4n) is 6.53. The predicted octanol–water partition coefficient (Wildman–Crippen LogP) is 4.42. The van der Waals surface area contributed by atoms with Gasteiger partial charge in [-0.2, -0.15) is 0 Å². The summed E-state index contributed by atoms with van der Waals surface area (Å²) in [5.74, 6) is -2.35. The van der Waals surface area contributed by atoms with Gasteiger partial charge in [0.2, 0.25) is 5.91 Å². The van der Waals surface area contributed by atoms with Crippen LogP contribution in [0.5, 0.6) is 0 Å². The number of halogens is 1. The van der Waals surface area contributed by atoms with Gasteiger partial charge in [0.05, 0.1) is 35.8 Å². The third-order valence-electron chi connectivity index (χ3n) is 8.35. The van der Waals surface area contributed by atoms with E-state index in [1.54, 1.807) is 33.7 Å². The Hall–Kier alpha value is -2.10. The van der Waals surface area contributed by atoms with Gasteiger partial charge in [-0.1, -0.05) is 54.1 Å². The Bertz CT molecular complexity index is 1160. The zero-order chi connectivity index (χ0) is 28.6. The number of alkyl halides is 1. The van der Waals surface area contributed by atoms with E-state index in [1.165, 1.54) is 0 Å². The quantitative estimate of drug-likeness (QED) is 0.171.